The first-order valence-corrected chi connectivity index (χ1v) is 11.5. The first-order valence-electron chi connectivity index (χ1n) is 8.10. The molecule has 0 unspecified atom stereocenters. The number of hydrogen-bond acceptors (Lipinski definition) is 6. The molecule has 0 spiro atoms. The molecule has 2 heterocycles. The lowest BCUT2D eigenvalue weighted by Crippen LogP contribution is -2.26. The average Bonchev–Trinajstić information content (AvgIpc) is 3.01. The van der Waals surface area contributed by atoms with Crippen LogP contribution in [-0.2, 0) is 26.2 Å². The summed E-state index contributed by atoms with van der Waals surface area (Å²) in [6.45, 7) is 0.124. The highest BCUT2D eigenvalue weighted by Gasteiger charge is 2.38. The second-order valence-corrected chi connectivity index (χ2v) is 10.7. The maximum absolute atomic E-state index is 14.1. The van der Waals surface area contributed by atoms with Crippen LogP contribution in [0.3, 0.4) is 0 Å². The molecule has 1 aromatic carbocycles. The Morgan fingerprint density at radius 1 is 1.22 bits per heavy atom. The van der Waals surface area contributed by atoms with E-state index in [1.807, 2.05) is 0 Å². The summed E-state index contributed by atoms with van der Waals surface area (Å²) in [5.41, 5.74) is 0.338. The van der Waals surface area contributed by atoms with Crippen molar-refractivity contribution >= 4 is 25.6 Å². The summed E-state index contributed by atoms with van der Waals surface area (Å²) < 4.78 is 62.5. The third-order valence-corrected chi connectivity index (χ3v) is 8.51. The molecule has 2 aromatic rings. The predicted octanol–water partition coefficient (Wildman–Crippen LogP) is 1.11. The van der Waals surface area contributed by atoms with Gasteiger partial charge in [-0.25, -0.2) is 21.2 Å². The van der Waals surface area contributed by atoms with Crippen LogP contribution in [0.2, 0.25) is 0 Å². The van der Waals surface area contributed by atoms with Crippen molar-refractivity contribution in [3.05, 3.63) is 59.7 Å². The van der Waals surface area contributed by atoms with E-state index in [9.17, 15) is 26.0 Å². The fourth-order valence-electron chi connectivity index (χ4n) is 2.83. The Morgan fingerprint density at radius 3 is 2.56 bits per heavy atom. The third kappa shape index (κ3) is 4.33. The number of benzene rings is 1. The molecule has 10 heteroatoms. The molecule has 0 saturated carbocycles. The minimum atomic E-state index is -3.98. The summed E-state index contributed by atoms with van der Waals surface area (Å²) >= 11 is 0. The number of aromatic nitrogens is 1. The van der Waals surface area contributed by atoms with Crippen molar-refractivity contribution in [2.24, 2.45) is 0 Å². The summed E-state index contributed by atoms with van der Waals surface area (Å²) in [6, 6.07) is 6.26. The van der Waals surface area contributed by atoms with Gasteiger partial charge in [-0.05, 0) is 42.3 Å². The number of nitrogens with one attached hydrogen (secondary N) is 1. The Hall–Kier alpha value is -2.33. The van der Waals surface area contributed by atoms with E-state index < -0.39 is 48.0 Å². The van der Waals surface area contributed by atoms with Crippen molar-refractivity contribution in [3.63, 3.8) is 0 Å². The zero-order chi connectivity index (χ0) is 19.7. The van der Waals surface area contributed by atoms with E-state index in [4.69, 9.17) is 0 Å². The molecule has 27 heavy (non-hydrogen) atoms. The van der Waals surface area contributed by atoms with Crippen molar-refractivity contribution < 1.29 is 26.0 Å². The maximum atomic E-state index is 14.1. The van der Waals surface area contributed by atoms with Gasteiger partial charge in [-0.15, -0.1) is 0 Å². The number of halogens is 1. The molecule has 7 nitrogen and oxygen atoms in total. The van der Waals surface area contributed by atoms with Crippen LogP contribution < -0.4 is 5.32 Å². The Kier molecular flexibility index (Phi) is 5.29. The molecule has 1 fully saturated rings. The van der Waals surface area contributed by atoms with E-state index in [1.54, 1.807) is 24.5 Å². The van der Waals surface area contributed by atoms with Crippen molar-refractivity contribution in [1.29, 1.82) is 0 Å². The number of pyridine rings is 1. The first-order chi connectivity index (χ1) is 12.7. The number of nitrogens with zero attached hydrogens (tertiary/aromatic N) is 1. The van der Waals surface area contributed by atoms with Crippen LogP contribution in [-0.4, -0.2) is 44.5 Å². The molecule has 1 atom stereocenters. The van der Waals surface area contributed by atoms with Gasteiger partial charge in [-0.3, -0.25) is 9.78 Å². The molecule has 1 amide bonds. The molecule has 144 valence electrons. The lowest BCUT2D eigenvalue weighted by molar-refractivity contribution is 0.0946. The van der Waals surface area contributed by atoms with E-state index in [-0.39, 0.29) is 23.6 Å². The molecule has 1 aromatic heterocycles. The van der Waals surface area contributed by atoms with Crippen LogP contribution in [0.1, 0.15) is 22.3 Å². The van der Waals surface area contributed by atoms with Gasteiger partial charge in [-0.1, -0.05) is 0 Å². The second kappa shape index (κ2) is 7.35. The number of carbonyl (C=O) groups excluding carboxylic acids is 1. The van der Waals surface area contributed by atoms with Crippen molar-refractivity contribution in [3.8, 4) is 0 Å². The molecule has 1 aliphatic heterocycles. The molecular formula is C17H17FN2O5S2. The number of hydrogen-bond donors (Lipinski definition) is 1. The molecule has 1 N–H and O–H groups in total. The average molecular weight is 412 g/mol. The van der Waals surface area contributed by atoms with Gasteiger partial charge in [-0.2, -0.15) is 0 Å². The standard InChI is InChI=1S/C17H17FN2O5S2/c18-16-2-1-13(27(24,25)14-5-8-26(22,23)11-14)9-15(16)17(21)20-10-12-3-6-19-7-4-12/h1-4,6-7,9,14H,5,8,10-11H2,(H,20,21)/t14-/m1/s1. The van der Waals surface area contributed by atoms with Gasteiger partial charge < -0.3 is 5.32 Å². The van der Waals surface area contributed by atoms with E-state index in [1.165, 1.54) is 0 Å². The SMILES string of the molecule is O=C(NCc1ccncc1)c1cc(S(=O)(=O)[C@@H]2CCS(=O)(=O)C2)ccc1F. The number of carbonyl (C=O) groups is 1. The summed E-state index contributed by atoms with van der Waals surface area (Å²) in [5.74, 6) is -2.28. The quantitative estimate of drug-likeness (QED) is 0.737. The van der Waals surface area contributed by atoms with Crippen LogP contribution in [0.25, 0.3) is 0 Å². The minimum absolute atomic E-state index is 0.00832. The van der Waals surface area contributed by atoms with Crippen LogP contribution in [0, 0.1) is 5.82 Å². The van der Waals surface area contributed by atoms with Crippen molar-refractivity contribution in [2.45, 2.75) is 23.1 Å². The predicted molar refractivity (Wildman–Crippen MR) is 96.1 cm³/mol. The lowest BCUT2D eigenvalue weighted by atomic mass is 10.2. The number of amides is 1. The van der Waals surface area contributed by atoms with Gasteiger partial charge in [0, 0.05) is 18.9 Å². The topological polar surface area (TPSA) is 110 Å². The van der Waals surface area contributed by atoms with Gasteiger partial charge in [0.05, 0.1) is 27.2 Å². The van der Waals surface area contributed by atoms with E-state index in [0.29, 0.717) is 0 Å². The fraction of sp³-hybridized carbons (Fsp3) is 0.294. The fourth-order valence-corrected chi connectivity index (χ4v) is 7.22. The molecule has 1 saturated heterocycles. The summed E-state index contributed by atoms with van der Waals surface area (Å²) in [6.07, 6.45) is 3.08. The highest BCUT2D eigenvalue weighted by Crippen LogP contribution is 2.26. The summed E-state index contributed by atoms with van der Waals surface area (Å²) in [5, 5.41) is 1.44. The Morgan fingerprint density at radius 2 is 1.93 bits per heavy atom. The number of rotatable bonds is 5. The summed E-state index contributed by atoms with van der Waals surface area (Å²) in [4.78, 5) is 15.9. The first kappa shape index (κ1) is 19.4. The third-order valence-electron chi connectivity index (χ3n) is 4.34. The van der Waals surface area contributed by atoms with Gasteiger partial charge in [0.2, 0.25) is 0 Å². The Labute approximate surface area is 156 Å². The smallest absolute Gasteiger partial charge is 0.254 e. The monoisotopic (exact) mass is 412 g/mol. The van der Waals surface area contributed by atoms with Gasteiger partial charge in [0.1, 0.15) is 5.82 Å². The van der Waals surface area contributed by atoms with Gasteiger partial charge in [0.25, 0.3) is 5.91 Å². The zero-order valence-electron chi connectivity index (χ0n) is 14.1. The van der Waals surface area contributed by atoms with E-state index in [2.05, 4.69) is 10.3 Å². The maximum Gasteiger partial charge on any atom is 0.254 e. The van der Waals surface area contributed by atoms with E-state index in [0.717, 1.165) is 23.8 Å². The minimum Gasteiger partial charge on any atom is -0.348 e. The lowest BCUT2D eigenvalue weighted by Gasteiger charge is -2.12. The molecular weight excluding hydrogens is 395 g/mol. The van der Waals surface area contributed by atoms with Crippen molar-refractivity contribution in [1.82, 2.24) is 10.3 Å². The summed E-state index contributed by atoms with van der Waals surface area (Å²) in [7, 11) is -7.38. The van der Waals surface area contributed by atoms with Crippen LogP contribution in [0.5, 0.6) is 0 Å². The largest absolute Gasteiger partial charge is 0.348 e. The normalized spacial score (nSPS) is 18.9. The van der Waals surface area contributed by atoms with Crippen molar-refractivity contribution in [2.75, 3.05) is 11.5 Å². The molecule has 0 bridgehead atoms. The Bertz CT molecular complexity index is 1070. The zero-order valence-corrected chi connectivity index (χ0v) is 15.8. The van der Waals surface area contributed by atoms with Gasteiger partial charge >= 0.3 is 0 Å². The highest BCUT2D eigenvalue weighted by molar-refractivity contribution is 7.96. The van der Waals surface area contributed by atoms with Crippen LogP contribution >= 0.6 is 0 Å². The van der Waals surface area contributed by atoms with E-state index >= 15 is 0 Å². The van der Waals surface area contributed by atoms with Crippen LogP contribution in [0.15, 0.2) is 47.6 Å². The van der Waals surface area contributed by atoms with Crippen LogP contribution in [0.4, 0.5) is 4.39 Å². The molecule has 0 aliphatic carbocycles. The second-order valence-electron chi connectivity index (χ2n) is 6.25. The molecule has 1 aliphatic rings. The highest BCUT2D eigenvalue weighted by atomic mass is 32.2. The molecule has 3 rings (SSSR count). The Balaban J connectivity index is 1.82. The van der Waals surface area contributed by atoms with Gasteiger partial charge in [0.15, 0.2) is 19.7 Å². The number of sulfone groups is 2. The molecule has 0 radical (unpaired) electrons.